The molecule has 0 spiro atoms. The monoisotopic (exact) mass is 378 g/mol. The Labute approximate surface area is 165 Å². The number of fused-ring (bicyclic) bond motifs is 1. The van der Waals surface area contributed by atoms with Crippen LogP contribution < -0.4 is 4.74 Å². The molecule has 3 heterocycles. The number of aryl methyl sites for hydroxylation is 1. The first-order valence-corrected chi connectivity index (χ1v) is 9.82. The first kappa shape index (κ1) is 18.5. The topological polar surface area (TPSA) is 60.2 Å². The van der Waals surface area contributed by atoms with Gasteiger partial charge in [-0.15, -0.1) is 0 Å². The van der Waals surface area contributed by atoms with Crippen LogP contribution in [0.2, 0.25) is 0 Å². The number of pyridine rings is 1. The number of carbonyl (C=O) groups excluding carboxylic acids is 1. The van der Waals surface area contributed by atoms with Crippen LogP contribution in [0.3, 0.4) is 0 Å². The van der Waals surface area contributed by atoms with E-state index in [1.165, 1.54) is 5.56 Å². The molecule has 1 aliphatic heterocycles. The Bertz CT molecular complexity index is 978. The van der Waals surface area contributed by atoms with E-state index in [2.05, 4.69) is 23.4 Å². The van der Waals surface area contributed by atoms with Gasteiger partial charge in [-0.2, -0.15) is 0 Å². The van der Waals surface area contributed by atoms with Crippen LogP contribution in [0.25, 0.3) is 11.0 Å². The lowest BCUT2D eigenvalue weighted by Gasteiger charge is -2.19. The zero-order valence-electron chi connectivity index (χ0n) is 16.6. The van der Waals surface area contributed by atoms with Crippen molar-refractivity contribution in [2.75, 3.05) is 19.7 Å². The maximum atomic E-state index is 12.6. The average molecular weight is 378 g/mol. The van der Waals surface area contributed by atoms with Crippen LogP contribution in [0, 0.1) is 6.92 Å². The van der Waals surface area contributed by atoms with Gasteiger partial charge in [0.25, 0.3) is 5.91 Å². The number of hydrogen-bond donors (Lipinski definition) is 0. The molecule has 0 radical (unpaired) electrons. The van der Waals surface area contributed by atoms with Gasteiger partial charge in [0, 0.05) is 31.2 Å². The van der Waals surface area contributed by atoms with Gasteiger partial charge in [-0.25, -0.2) is 4.98 Å². The fraction of sp³-hybridized carbons (Fsp3) is 0.409. The van der Waals surface area contributed by atoms with E-state index in [0.717, 1.165) is 35.6 Å². The summed E-state index contributed by atoms with van der Waals surface area (Å²) in [5.41, 5.74) is 3.19. The second-order valence-electron chi connectivity index (χ2n) is 7.73. The summed E-state index contributed by atoms with van der Waals surface area (Å²) in [6, 6.07) is 10.0. The standard InChI is InChI=1S/C22H26N4O2/c1-15(2)26-20-12-23-10-8-19(20)24-22(26)17-9-11-25(13-17)21(27)14-28-18-6-4-16(3)5-7-18/h4-8,10,12,15,17H,9,11,13-14H2,1-3H3/t17-/m0/s1. The largest absolute Gasteiger partial charge is 0.484 e. The van der Waals surface area contributed by atoms with Gasteiger partial charge in [-0.1, -0.05) is 17.7 Å². The lowest BCUT2D eigenvalue weighted by Crippen LogP contribution is -2.33. The molecule has 2 aromatic heterocycles. The molecule has 0 aliphatic carbocycles. The Hall–Kier alpha value is -2.89. The molecule has 4 rings (SSSR count). The van der Waals surface area contributed by atoms with Crippen molar-refractivity contribution >= 4 is 16.9 Å². The predicted molar refractivity (Wildman–Crippen MR) is 109 cm³/mol. The molecule has 146 valence electrons. The molecule has 1 aliphatic rings. The molecule has 0 bridgehead atoms. The van der Waals surface area contributed by atoms with Crippen molar-refractivity contribution in [2.24, 2.45) is 0 Å². The highest BCUT2D eigenvalue weighted by Gasteiger charge is 2.31. The van der Waals surface area contributed by atoms with Crippen LogP contribution >= 0.6 is 0 Å². The molecule has 0 unspecified atom stereocenters. The molecule has 6 heteroatoms. The molecule has 1 aromatic carbocycles. The highest BCUT2D eigenvalue weighted by atomic mass is 16.5. The van der Waals surface area contributed by atoms with E-state index >= 15 is 0 Å². The van der Waals surface area contributed by atoms with Crippen molar-refractivity contribution in [3.8, 4) is 5.75 Å². The zero-order valence-corrected chi connectivity index (χ0v) is 16.6. The number of ether oxygens (including phenoxy) is 1. The molecule has 1 fully saturated rings. The number of carbonyl (C=O) groups is 1. The third-order valence-electron chi connectivity index (χ3n) is 5.32. The highest BCUT2D eigenvalue weighted by Crippen LogP contribution is 2.31. The van der Waals surface area contributed by atoms with Gasteiger partial charge < -0.3 is 14.2 Å². The molecule has 1 amide bonds. The van der Waals surface area contributed by atoms with Crippen LogP contribution in [0.4, 0.5) is 0 Å². The molecule has 0 saturated carbocycles. The number of amides is 1. The van der Waals surface area contributed by atoms with Crippen LogP contribution in [0.15, 0.2) is 42.7 Å². The minimum absolute atomic E-state index is 0.0250. The van der Waals surface area contributed by atoms with E-state index in [9.17, 15) is 4.79 Å². The number of hydrogen-bond acceptors (Lipinski definition) is 4. The van der Waals surface area contributed by atoms with Crippen molar-refractivity contribution in [2.45, 2.75) is 39.2 Å². The highest BCUT2D eigenvalue weighted by molar-refractivity contribution is 5.78. The molecule has 1 atom stereocenters. The number of benzene rings is 1. The maximum Gasteiger partial charge on any atom is 0.260 e. The molecular formula is C22H26N4O2. The van der Waals surface area contributed by atoms with E-state index < -0.39 is 0 Å². The SMILES string of the molecule is Cc1ccc(OCC(=O)N2CC[C@H](c3nc4ccncc4n3C(C)C)C2)cc1. The normalized spacial score (nSPS) is 16.9. The maximum absolute atomic E-state index is 12.6. The summed E-state index contributed by atoms with van der Waals surface area (Å²) >= 11 is 0. The van der Waals surface area contributed by atoms with Crippen molar-refractivity contribution in [3.05, 3.63) is 54.1 Å². The van der Waals surface area contributed by atoms with Gasteiger partial charge >= 0.3 is 0 Å². The lowest BCUT2D eigenvalue weighted by atomic mass is 10.1. The number of rotatable bonds is 5. The first-order valence-electron chi connectivity index (χ1n) is 9.82. The number of likely N-dealkylation sites (tertiary alicyclic amines) is 1. The Morgan fingerprint density at radius 2 is 2.04 bits per heavy atom. The van der Waals surface area contributed by atoms with Gasteiger partial charge in [-0.05, 0) is 45.4 Å². The summed E-state index contributed by atoms with van der Waals surface area (Å²) in [6.07, 6.45) is 4.57. The molecule has 1 saturated heterocycles. The van der Waals surface area contributed by atoms with E-state index in [-0.39, 0.29) is 18.4 Å². The quantitative estimate of drug-likeness (QED) is 0.679. The summed E-state index contributed by atoms with van der Waals surface area (Å²) in [6.45, 7) is 7.83. The van der Waals surface area contributed by atoms with Crippen molar-refractivity contribution in [3.63, 3.8) is 0 Å². The van der Waals surface area contributed by atoms with Crippen molar-refractivity contribution in [1.29, 1.82) is 0 Å². The second kappa shape index (κ2) is 7.62. The molecular weight excluding hydrogens is 352 g/mol. The van der Waals surface area contributed by atoms with E-state index in [1.54, 1.807) is 6.20 Å². The third-order valence-corrected chi connectivity index (χ3v) is 5.32. The van der Waals surface area contributed by atoms with Gasteiger partial charge in [-0.3, -0.25) is 9.78 Å². The summed E-state index contributed by atoms with van der Waals surface area (Å²) in [4.78, 5) is 23.6. The van der Waals surface area contributed by atoms with Gasteiger partial charge in [0.2, 0.25) is 0 Å². The van der Waals surface area contributed by atoms with Gasteiger partial charge in [0.15, 0.2) is 6.61 Å². The third kappa shape index (κ3) is 3.59. The van der Waals surface area contributed by atoms with Crippen LogP contribution in [0.1, 0.15) is 43.6 Å². The minimum atomic E-state index is 0.0250. The minimum Gasteiger partial charge on any atom is -0.484 e. The molecule has 0 N–H and O–H groups in total. The number of aromatic nitrogens is 3. The van der Waals surface area contributed by atoms with Gasteiger partial charge in [0.05, 0.1) is 17.2 Å². The Morgan fingerprint density at radius 3 is 2.79 bits per heavy atom. The second-order valence-corrected chi connectivity index (χ2v) is 7.73. The Morgan fingerprint density at radius 1 is 1.25 bits per heavy atom. The summed E-state index contributed by atoms with van der Waals surface area (Å²) in [5, 5.41) is 0. The summed E-state index contributed by atoms with van der Waals surface area (Å²) < 4.78 is 7.92. The lowest BCUT2D eigenvalue weighted by molar-refractivity contribution is -0.132. The zero-order chi connectivity index (χ0) is 19.7. The summed E-state index contributed by atoms with van der Waals surface area (Å²) in [7, 11) is 0. The van der Waals surface area contributed by atoms with E-state index in [0.29, 0.717) is 12.6 Å². The first-order chi connectivity index (χ1) is 13.5. The van der Waals surface area contributed by atoms with Crippen LogP contribution in [-0.4, -0.2) is 45.0 Å². The molecule has 28 heavy (non-hydrogen) atoms. The smallest absolute Gasteiger partial charge is 0.260 e. The van der Waals surface area contributed by atoms with E-state index in [4.69, 9.17) is 9.72 Å². The van der Waals surface area contributed by atoms with Crippen molar-refractivity contribution in [1.82, 2.24) is 19.4 Å². The van der Waals surface area contributed by atoms with Crippen molar-refractivity contribution < 1.29 is 9.53 Å². The molecule has 6 nitrogen and oxygen atoms in total. The number of imidazole rings is 1. The van der Waals surface area contributed by atoms with Crippen LogP contribution in [-0.2, 0) is 4.79 Å². The Kier molecular flexibility index (Phi) is 5.03. The van der Waals surface area contributed by atoms with Crippen LogP contribution in [0.5, 0.6) is 5.75 Å². The predicted octanol–water partition coefficient (Wildman–Crippen LogP) is 3.72. The molecule has 3 aromatic rings. The fourth-order valence-corrected chi connectivity index (χ4v) is 3.86. The average Bonchev–Trinajstić information content (AvgIpc) is 3.32. The fourth-order valence-electron chi connectivity index (χ4n) is 3.86. The number of nitrogens with zero attached hydrogens (tertiary/aromatic N) is 4. The Balaban J connectivity index is 1.45. The van der Waals surface area contributed by atoms with Gasteiger partial charge in [0.1, 0.15) is 11.6 Å². The summed E-state index contributed by atoms with van der Waals surface area (Å²) in [5.74, 6) is 2.03. The van der Waals surface area contributed by atoms with E-state index in [1.807, 2.05) is 48.4 Å².